The van der Waals surface area contributed by atoms with Gasteiger partial charge in [-0.15, -0.1) is 0 Å². The second-order valence-electron chi connectivity index (χ2n) is 3.84. The number of nitrogens with two attached hydrogens (primary N) is 2. The maximum Gasteiger partial charge on any atom is 0.0679 e. The number of hydrogen-bond donors (Lipinski definition) is 2. The minimum atomic E-state index is 0.705. The lowest BCUT2D eigenvalue weighted by atomic mass is 10.1. The fraction of sp³-hybridized carbons (Fsp3) is 1.00. The van der Waals surface area contributed by atoms with Crippen molar-refractivity contribution in [2.75, 3.05) is 13.2 Å². The summed E-state index contributed by atoms with van der Waals surface area (Å²) in [5.74, 6) is 4.93. The number of rotatable bonds is 11. The molecule has 0 heterocycles. The van der Waals surface area contributed by atoms with Gasteiger partial charge in [-0.2, -0.15) is 0 Å². The summed E-state index contributed by atoms with van der Waals surface area (Å²) in [4.78, 5) is 4.50. The monoisotopic (exact) mass is 202 g/mol. The molecule has 0 aliphatic carbocycles. The van der Waals surface area contributed by atoms with Crippen molar-refractivity contribution in [3.63, 3.8) is 0 Å². The lowest BCUT2D eigenvalue weighted by molar-refractivity contribution is 0.133. The fourth-order valence-electron chi connectivity index (χ4n) is 1.57. The van der Waals surface area contributed by atoms with Crippen LogP contribution in [-0.2, 0) is 4.84 Å². The van der Waals surface area contributed by atoms with Gasteiger partial charge in [-0.25, -0.2) is 5.90 Å². The predicted molar refractivity (Wildman–Crippen MR) is 60.7 cm³/mol. The van der Waals surface area contributed by atoms with Gasteiger partial charge in [0.25, 0.3) is 0 Å². The van der Waals surface area contributed by atoms with Crippen molar-refractivity contribution >= 4 is 0 Å². The van der Waals surface area contributed by atoms with Gasteiger partial charge in [-0.1, -0.05) is 44.9 Å². The Balaban J connectivity index is 2.78. The van der Waals surface area contributed by atoms with E-state index in [1.165, 1.54) is 51.4 Å². The standard InChI is InChI=1S/C11H26N2O/c12-10-8-6-4-2-1-3-5-7-9-11-14-13/h1-13H2. The molecule has 0 aliphatic rings. The van der Waals surface area contributed by atoms with Crippen LogP contribution >= 0.6 is 0 Å². The van der Waals surface area contributed by atoms with Gasteiger partial charge in [0.05, 0.1) is 6.61 Å². The molecule has 0 fully saturated rings. The van der Waals surface area contributed by atoms with Gasteiger partial charge in [0, 0.05) is 0 Å². The SMILES string of the molecule is NCCCCCCCCCCCON. The van der Waals surface area contributed by atoms with E-state index in [1.54, 1.807) is 0 Å². The molecule has 0 aromatic carbocycles. The Morgan fingerprint density at radius 1 is 0.643 bits per heavy atom. The summed E-state index contributed by atoms with van der Waals surface area (Å²) in [6, 6.07) is 0. The molecule has 0 aromatic heterocycles. The van der Waals surface area contributed by atoms with Crippen LogP contribution in [0, 0.1) is 0 Å². The molecule has 14 heavy (non-hydrogen) atoms. The van der Waals surface area contributed by atoms with Crippen molar-refractivity contribution in [2.45, 2.75) is 57.8 Å². The van der Waals surface area contributed by atoms with E-state index in [4.69, 9.17) is 11.6 Å². The number of hydrogen-bond acceptors (Lipinski definition) is 3. The van der Waals surface area contributed by atoms with Gasteiger partial charge in [0.2, 0.25) is 0 Å². The molecule has 0 atom stereocenters. The first-order valence-corrected chi connectivity index (χ1v) is 5.93. The third-order valence-corrected chi connectivity index (χ3v) is 2.47. The van der Waals surface area contributed by atoms with Crippen LogP contribution in [0.15, 0.2) is 0 Å². The van der Waals surface area contributed by atoms with Crippen LogP contribution in [0.4, 0.5) is 0 Å². The van der Waals surface area contributed by atoms with Crippen molar-refractivity contribution in [1.29, 1.82) is 0 Å². The Morgan fingerprint density at radius 2 is 1.07 bits per heavy atom. The molecule has 0 bridgehead atoms. The highest BCUT2D eigenvalue weighted by molar-refractivity contribution is 4.47. The minimum Gasteiger partial charge on any atom is -0.330 e. The van der Waals surface area contributed by atoms with Crippen molar-refractivity contribution < 1.29 is 4.84 Å². The van der Waals surface area contributed by atoms with Crippen LogP contribution in [0.5, 0.6) is 0 Å². The third kappa shape index (κ3) is 11.9. The second kappa shape index (κ2) is 12.9. The quantitative estimate of drug-likeness (QED) is 0.399. The molecule has 4 N–H and O–H groups in total. The van der Waals surface area contributed by atoms with Crippen molar-refractivity contribution in [1.82, 2.24) is 0 Å². The van der Waals surface area contributed by atoms with Crippen molar-refractivity contribution in [3.05, 3.63) is 0 Å². The fourth-order valence-corrected chi connectivity index (χ4v) is 1.57. The molecule has 0 spiro atoms. The first kappa shape index (κ1) is 13.9. The zero-order valence-electron chi connectivity index (χ0n) is 9.34. The lowest BCUT2D eigenvalue weighted by Gasteiger charge is -2.01. The second-order valence-corrected chi connectivity index (χ2v) is 3.84. The van der Waals surface area contributed by atoms with E-state index >= 15 is 0 Å². The van der Waals surface area contributed by atoms with E-state index in [0.29, 0.717) is 6.61 Å². The van der Waals surface area contributed by atoms with Crippen LogP contribution in [-0.4, -0.2) is 13.2 Å². The molecule has 0 aliphatic heterocycles. The maximum absolute atomic E-state index is 5.42. The molecule has 0 rings (SSSR count). The highest BCUT2D eigenvalue weighted by atomic mass is 16.6. The smallest absolute Gasteiger partial charge is 0.0679 e. The molecule has 86 valence electrons. The van der Waals surface area contributed by atoms with Crippen molar-refractivity contribution in [2.24, 2.45) is 11.6 Å². The molecule has 0 aromatic rings. The van der Waals surface area contributed by atoms with Gasteiger partial charge in [0.1, 0.15) is 0 Å². The first-order chi connectivity index (χ1) is 6.91. The first-order valence-electron chi connectivity index (χ1n) is 5.93. The van der Waals surface area contributed by atoms with E-state index in [9.17, 15) is 0 Å². The molecular weight excluding hydrogens is 176 g/mol. The summed E-state index contributed by atoms with van der Waals surface area (Å²) >= 11 is 0. The number of unbranched alkanes of at least 4 members (excludes halogenated alkanes) is 8. The van der Waals surface area contributed by atoms with Crippen molar-refractivity contribution in [3.8, 4) is 0 Å². The Kier molecular flexibility index (Phi) is 12.8. The van der Waals surface area contributed by atoms with Gasteiger partial charge in [-0.05, 0) is 19.4 Å². The predicted octanol–water partition coefficient (Wildman–Crippen LogP) is 2.35. The summed E-state index contributed by atoms with van der Waals surface area (Å²) in [6.45, 7) is 1.55. The summed E-state index contributed by atoms with van der Waals surface area (Å²) in [7, 11) is 0. The summed E-state index contributed by atoms with van der Waals surface area (Å²) in [6.07, 6.45) is 11.6. The molecule has 3 heteroatoms. The third-order valence-electron chi connectivity index (χ3n) is 2.47. The Labute approximate surface area is 88.1 Å². The molecule has 0 radical (unpaired) electrons. The van der Waals surface area contributed by atoms with E-state index < -0.39 is 0 Å². The molecule has 0 amide bonds. The zero-order valence-corrected chi connectivity index (χ0v) is 9.34. The molecular formula is C11H26N2O. The molecule has 3 nitrogen and oxygen atoms in total. The van der Waals surface area contributed by atoms with Gasteiger partial charge >= 0.3 is 0 Å². The molecule has 0 saturated heterocycles. The van der Waals surface area contributed by atoms with Crippen LogP contribution in [0.3, 0.4) is 0 Å². The largest absolute Gasteiger partial charge is 0.330 e. The van der Waals surface area contributed by atoms with Gasteiger partial charge < -0.3 is 10.6 Å². The summed E-state index contributed by atoms with van der Waals surface area (Å²) < 4.78 is 0. The van der Waals surface area contributed by atoms with Crippen LogP contribution in [0.25, 0.3) is 0 Å². The van der Waals surface area contributed by atoms with Gasteiger partial charge in [0.15, 0.2) is 0 Å². The average Bonchev–Trinajstić information content (AvgIpc) is 2.21. The topological polar surface area (TPSA) is 61.3 Å². The molecule has 0 unspecified atom stereocenters. The Morgan fingerprint density at radius 3 is 1.50 bits per heavy atom. The Bertz CT molecular complexity index is 87.3. The lowest BCUT2D eigenvalue weighted by Crippen LogP contribution is -2.00. The maximum atomic E-state index is 5.42. The van der Waals surface area contributed by atoms with Gasteiger partial charge in [-0.3, -0.25) is 0 Å². The Hall–Kier alpha value is -0.120. The van der Waals surface area contributed by atoms with E-state index in [2.05, 4.69) is 4.84 Å². The van der Waals surface area contributed by atoms with E-state index in [-0.39, 0.29) is 0 Å². The van der Waals surface area contributed by atoms with Crippen LogP contribution in [0.2, 0.25) is 0 Å². The van der Waals surface area contributed by atoms with Crippen LogP contribution in [0.1, 0.15) is 57.8 Å². The summed E-state index contributed by atoms with van der Waals surface area (Å²) in [5, 5.41) is 0. The minimum absolute atomic E-state index is 0.705. The highest BCUT2D eigenvalue weighted by Gasteiger charge is 1.91. The average molecular weight is 202 g/mol. The molecule has 0 saturated carbocycles. The highest BCUT2D eigenvalue weighted by Crippen LogP contribution is 2.09. The normalized spacial score (nSPS) is 10.7. The van der Waals surface area contributed by atoms with E-state index in [1.807, 2.05) is 0 Å². The van der Waals surface area contributed by atoms with E-state index in [0.717, 1.165) is 13.0 Å². The summed E-state index contributed by atoms with van der Waals surface area (Å²) in [5.41, 5.74) is 5.42. The zero-order chi connectivity index (χ0) is 10.5. The van der Waals surface area contributed by atoms with Crippen LogP contribution < -0.4 is 11.6 Å².